The van der Waals surface area contributed by atoms with Gasteiger partial charge in [0, 0.05) is 5.69 Å². The van der Waals surface area contributed by atoms with E-state index in [0.717, 1.165) is 28.2 Å². The number of hydrogen-bond donors (Lipinski definition) is 2. The zero-order valence-electron chi connectivity index (χ0n) is 16.5. The molecule has 0 unspecified atom stereocenters. The molecular formula is C21H27N3O3. The number of urea groups is 1. The number of nitrogens with zero attached hydrogens (tertiary/aromatic N) is 1. The lowest BCUT2D eigenvalue weighted by Crippen LogP contribution is -2.24. The van der Waals surface area contributed by atoms with E-state index in [4.69, 9.17) is 9.47 Å². The number of ether oxygens (including phenoxy) is 2. The van der Waals surface area contributed by atoms with Gasteiger partial charge in [0.2, 0.25) is 0 Å². The third kappa shape index (κ3) is 5.74. The molecule has 2 rings (SSSR count). The Labute approximate surface area is 160 Å². The van der Waals surface area contributed by atoms with Crippen molar-refractivity contribution in [3.8, 4) is 11.5 Å². The zero-order chi connectivity index (χ0) is 19.8. The second-order valence-corrected chi connectivity index (χ2v) is 6.39. The van der Waals surface area contributed by atoms with Gasteiger partial charge in [0.15, 0.2) is 0 Å². The maximum absolute atomic E-state index is 12.0. The Morgan fingerprint density at radius 2 is 1.93 bits per heavy atom. The van der Waals surface area contributed by atoms with Gasteiger partial charge in [0.05, 0.1) is 19.9 Å². The number of nitrogens with one attached hydrogen (secondary N) is 2. The first kappa shape index (κ1) is 20.3. The van der Waals surface area contributed by atoms with Gasteiger partial charge >= 0.3 is 6.03 Å². The Morgan fingerprint density at radius 1 is 1.22 bits per heavy atom. The first-order valence-corrected chi connectivity index (χ1v) is 8.96. The lowest BCUT2D eigenvalue weighted by Gasteiger charge is -2.14. The van der Waals surface area contributed by atoms with Gasteiger partial charge in [-0.1, -0.05) is 13.8 Å². The van der Waals surface area contributed by atoms with Crippen molar-refractivity contribution in [3.05, 3.63) is 53.1 Å². The number of rotatable bonds is 7. The van der Waals surface area contributed by atoms with Crippen molar-refractivity contribution in [3.63, 3.8) is 0 Å². The molecule has 0 aliphatic rings. The smallest absolute Gasteiger partial charge is 0.339 e. The summed E-state index contributed by atoms with van der Waals surface area (Å²) in [5.41, 5.74) is 6.20. The van der Waals surface area contributed by atoms with Gasteiger partial charge in [-0.05, 0) is 72.9 Å². The second-order valence-electron chi connectivity index (χ2n) is 6.39. The summed E-state index contributed by atoms with van der Waals surface area (Å²) in [6.45, 7) is 8.72. The minimum atomic E-state index is -0.411. The molecule has 2 N–H and O–H groups in total. The fraction of sp³-hybridized carbons (Fsp3) is 0.333. The standard InChI is InChI=1S/C21H27N3O3/c1-6-27-18-9-7-17(8-10-18)23-21(25)24-22-13-16-12-19(14(2)3)20(26-5)11-15(16)4/h7-14H,6H2,1-5H3,(H2,23,24,25)/b22-13-. The van der Waals surface area contributed by atoms with Crippen LogP contribution in [-0.4, -0.2) is 26.0 Å². The highest BCUT2D eigenvalue weighted by molar-refractivity contribution is 5.90. The molecule has 0 saturated heterocycles. The number of hydrazone groups is 1. The van der Waals surface area contributed by atoms with Crippen LogP contribution in [0.25, 0.3) is 0 Å². The van der Waals surface area contributed by atoms with Gasteiger partial charge in [0.1, 0.15) is 11.5 Å². The third-order valence-corrected chi connectivity index (χ3v) is 4.03. The van der Waals surface area contributed by atoms with Crippen molar-refractivity contribution in [2.45, 2.75) is 33.6 Å². The van der Waals surface area contributed by atoms with E-state index < -0.39 is 6.03 Å². The topological polar surface area (TPSA) is 72.0 Å². The number of carbonyl (C=O) groups is 1. The largest absolute Gasteiger partial charge is 0.496 e. The van der Waals surface area contributed by atoms with Crippen LogP contribution in [0.15, 0.2) is 41.5 Å². The summed E-state index contributed by atoms with van der Waals surface area (Å²) in [4.78, 5) is 12.0. The number of amides is 2. The summed E-state index contributed by atoms with van der Waals surface area (Å²) in [5.74, 6) is 1.95. The summed E-state index contributed by atoms with van der Waals surface area (Å²) in [6, 6.07) is 10.8. The quantitative estimate of drug-likeness (QED) is 0.550. The van der Waals surface area contributed by atoms with Crippen molar-refractivity contribution in [1.29, 1.82) is 0 Å². The number of methoxy groups -OCH3 is 1. The average Bonchev–Trinajstić information content (AvgIpc) is 2.64. The Balaban J connectivity index is 2.00. The number of benzene rings is 2. The van der Waals surface area contributed by atoms with Crippen molar-refractivity contribution in [1.82, 2.24) is 5.43 Å². The monoisotopic (exact) mass is 369 g/mol. The molecular weight excluding hydrogens is 342 g/mol. The van der Waals surface area contributed by atoms with Crippen LogP contribution < -0.4 is 20.2 Å². The zero-order valence-corrected chi connectivity index (χ0v) is 16.5. The molecule has 0 bridgehead atoms. The number of carbonyl (C=O) groups excluding carboxylic acids is 1. The molecule has 27 heavy (non-hydrogen) atoms. The molecule has 2 aromatic rings. The van der Waals surface area contributed by atoms with Crippen LogP contribution in [0.5, 0.6) is 11.5 Å². The fourth-order valence-electron chi connectivity index (χ4n) is 2.60. The van der Waals surface area contributed by atoms with E-state index in [1.807, 2.05) is 26.0 Å². The highest BCUT2D eigenvalue weighted by atomic mass is 16.5. The first-order chi connectivity index (χ1) is 12.9. The summed E-state index contributed by atoms with van der Waals surface area (Å²) in [5, 5.41) is 6.77. The molecule has 0 atom stereocenters. The predicted molar refractivity (Wildman–Crippen MR) is 109 cm³/mol. The number of anilines is 1. The van der Waals surface area contributed by atoms with Gasteiger partial charge in [-0.15, -0.1) is 0 Å². The molecule has 2 amide bonds. The third-order valence-electron chi connectivity index (χ3n) is 4.03. The van der Waals surface area contributed by atoms with Gasteiger partial charge in [-0.25, -0.2) is 10.2 Å². The number of aryl methyl sites for hydroxylation is 1. The maximum atomic E-state index is 12.0. The van der Waals surface area contributed by atoms with Crippen LogP contribution in [0.1, 0.15) is 43.4 Å². The fourth-order valence-corrected chi connectivity index (χ4v) is 2.60. The number of hydrogen-bond acceptors (Lipinski definition) is 4. The van der Waals surface area contributed by atoms with E-state index in [1.165, 1.54) is 0 Å². The van der Waals surface area contributed by atoms with Crippen molar-refractivity contribution >= 4 is 17.9 Å². The van der Waals surface area contributed by atoms with E-state index in [9.17, 15) is 4.79 Å². The molecule has 0 aliphatic carbocycles. The second kappa shape index (κ2) is 9.62. The lowest BCUT2D eigenvalue weighted by atomic mass is 9.97. The minimum absolute atomic E-state index is 0.323. The molecule has 0 spiro atoms. The van der Waals surface area contributed by atoms with E-state index in [-0.39, 0.29) is 0 Å². The Morgan fingerprint density at radius 3 is 2.52 bits per heavy atom. The maximum Gasteiger partial charge on any atom is 0.339 e. The molecule has 0 aromatic heterocycles. The van der Waals surface area contributed by atoms with Crippen LogP contribution in [0.3, 0.4) is 0 Å². The Bertz CT molecular complexity index is 799. The van der Waals surface area contributed by atoms with E-state index in [0.29, 0.717) is 18.2 Å². The molecule has 6 nitrogen and oxygen atoms in total. The summed E-state index contributed by atoms with van der Waals surface area (Å²) < 4.78 is 10.8. The lowest BCUT2D eigenvalue weighted by molar-refractivity contribution is 0.252. The molecule has 2 aromatic carbocycles. The van der Waals surface area contributed by atoms with Crippen molar-refractivity contribution in [2.24, 2.45) is 5.10 Å². The van der Waals surface area contributed by atoms with Gasteiger partial charge in [-0.2, -0.15) is 5.10 Å². The molecule has 6 heteroatoms. The van der Waals surface area contributed by atoms with Crippen LogP contribution in [0, 0.1) is 6.92 Å². The van der Waals surface area contributed by atoms with E-state index in [2.05, 4.69) is 29.7 Å². The SMILES string of the molecule is CCOc1ccc(NC(=O)N/N=C\c2cc(C(C)C)c(OC)cc2C)cc1. The summed E-state index contributed by atoms with van der Waals surface area (Å²) >= 11 is 0. The summed E-state index contributed by atoms with van der Waals surface area (Å²) in [6.07, 6.45) is 1.64. The normalized spacial score (nSPS) is 10.9. The van der Waals surface area contributed by atoms with E-state index in [1.54, 1.807) is 37.6 Å². The van der Waals surface area contributed by atoms with Crippen LogP contribution in [-0.2, 0) is 0 Å². The molecule has 0 saturated carbocycles. The molecule has 0 fully saturated rings. The average molecular weight is 369 g/mol. The highest BCUT2D eigenvalue weighted by Crippen LogP contribution is 2.29. The van der Waals surface area contributed by atoms with Gasteiger partial charge in [-0.3, -0.25) is 0 Å². The van der Waals surface area contributed by atoms with Crippen LogP contribution in [0.4, 0.5) is 10.5 Å². The first-order valence-electron chi connectivity index (χ1n) is 8.96. The van der Waals surface area contributed by atoms with E-state index >= 15 is 0 Å². The van der Waals surface area contributed by atoms with Crippen LogP contribution >= 0.6 is 0 Å². The van der Waals surface area contributed by atoms with Crippen molar-refractivity contribution in [2.75, 3.05) is 19.0 Å². The molecule has 0 aliphatic heterocycles. The van der Waals surface area contributed by atoms with Gasteiger partial charge < -0.3 is 14.8 Å². The molecule has 0 radical (unpaired) electrons. The Kier molecular flexibility index (Phi) is 7.23. The van der Waals surface area contributed by atoms with Crippen LogP contribution in [0.2, 0.25) is 0 Å². The predicted octanol–water partition coefficient (Wildman–Crippen LogP) is 4.68. The summed E-state index contributed by atoms with van der Waals surface area (Å²) in [7, 11) is 1.67. The minimum Gasteiger partial charge on any atom is -0.496 e. The van der Waals surface area contributed by atoms with Gasteiger partial charge in [0.25, 0.3) is 0 Å². The highest BCUT2D eigenvalue weighted by Gasteiger charge is 2.10. The molecule has 0 heterocycles. The molecule has 144 valence electrons. The van der Waals surface area contributed by atoms with Crippen molar-refractivity contribution < 1.29 is 14.3 Å². The Hall–Kier alpha value is -3.02.